The molecule has 1 aliphatic rings. The van der Waals surface area contributed by atoms with Gasteiger partial charge in [0, 0.05) is 6.42 Å². The molecule has 0 bridgehead atoms. The fourth-order valence-corrected chi connectivity index (χ4v) is 2.94. The standard InChI is InChI=1S/C19H19N5O5/c1-2-28-17(26)13-9-20-19-22-18(23-24(19)16(13)25)21-14(15-10-27-11-29-15)8-12-6-4-3-5-7-12/h3-7,9-10,14H,2,8,11H2,1H3,(H2,20,21,22,23). The monoisotopic (exact) mass is 397 g/mol. The molecule has 29 heavy (non-hydrogen) atoms. The number of fused-ring (bicyclic) bond motifs is 1. The SMILES string of the molecule is CCOC(=O)c1cnc2nc(NC(Cc3ccccc3)C3=COCO3)[nH]n2c1=O. The zero-order valence-electron chi connectivity index (χ0n) is 15.6. The number of esters is 1. The van der Waals surface area contributed by atoms with Crippen LogP contribution >= 0.6 is 0 Å². The van der Waals surface area contributed by atoms with Gasteiger partial charge in [0.1, 0.15) is 11.8 Å². The normalized spacial score (nSPS) is 14.0. The first-order valence-corrected chi connectivity index (χ1v) is 9.05. The Morgan fingerprint density at radius 2 is 2.21 bits per heavy atom. The molecule has 0 spiro atoms. The largest absolute Gasteiger partial charge is 0.462 e. The molecule has 10 nitrogen and oxygen atoms in total. The summed E-state index contributed by atoms with van der Waals surface area (Å²) in [6.45, 7) is 1.97. The summed E-state index contributed by atoms with van der Waals surface area (Å²) in [5.41, 5.74) is 0.321. The van der Waals surface area contributed by atoms with Crippen LogP contribution in [0.2, 0.25) is 0 Å². The third-order valence-corrected chi connectivity index (χ3v) is 4.30. The van der Waals surface area contributed by atoms with Crippen LogP contribution in [-0.2, 0) is 20.6 Å². The van der Waals surface area contributed by atoms with Crippen LogP contribution in [0, 0.1) is 0 Å². The van der Waals surface area contributed by atoms with E-state index in [1.165, 1.54) is 0 Å². The van der Waals surface area contributed by atoms with Crippen LogP contribution < -0.4 is 10.9 Å². The summed E-state index contributed by atoms with van der Waals surface area (Å²) in [5.74, 6) is 0.309. The quantitative estimate of drug-likeness (QED) is 0.575. The molecule has 10 heteroatoms. The van der Waals surface area contributed by atoms with Crippen LogP contribution in [0.3, 0.4) is 0 Å². The van der Waals surface area contributed by atoms with Crippen LogP contribution in [0.15, 0.2) is 53.3 Å². The van der Waals surface area contributed by atoms with E-state index in [9.17, 15) is 9.59 Å². The first kappa shape index (κ1) is 18.5. The number of anilines is 1. The lowest BCUT2D eigenvalue weighted by atomic mass is 10.0. The van der Waals surface area contributed by atoms with Gasteiger partial charge in [0.05, 0.1) is 18.8 Å². The number of benzene rings is 1. The van der Waals surface area contributed by atoms with E-state index in [2.05, 4.69) is 20.4 Å². The predicted octanol–water partition coefficient (Wildman–Crippen LogP) is 1.46. The highest BCUT2D eigenvalue weighted by Gasteiger charge is 2.23. The Balaban J connectivity index is 1.63. The number of aromatic amines is 1. The van der Waals surface area contributed by atoms with Crippen molar-refractivity contribution in [2.75, 3.05) is 18.7 Å². The summed E-state index contributed by atoms with van der Waals surface area (Å²) < 4.78 is 16.7. The molecular weight excluding hydrogens is 378 g/mol. The number of carbonyl (C=O) groups is 1. The van der Waals surface area contributed by atoms with E-state index in [0.29, 0.717) is 18.1 Å². The van der Waals surface area contributed by atoms with E-state index in [0.717, 1.165) is 16.3 Å². The van der Waals surface area contributed by atoms with Crippen molar-refractivity contribution in [3.8, 4) is 0 Å². The molecule has 0 fully saturated rings. The maximum absolute atomic E-state index is 12.6. The Labute approximate surface area is 165 Å². The smallest absolute Gasteiger partial charge is 0.345 e. The third-order valence-electron chi connectivity index (χ3n) is 4.30. The molecule has 3 aromatic rings. The maximum Gasteiger partial charge on any atom is 0.345 e. The Hall–Kier alpha value is -3.82. The number of hydrogen-bond donors (Lipinski definition) is 2. The molecule has 1 unspecified atom stereocenters. The summed E-state index contributed by atoms with van der Waals surface area (Å²) in [5, 5.41) is 6.03. The summed E-state index contributed by atoms with van der Waals surface area (Å²) in [7, 11) is 0. The van der Waals surface area contributed by atoms with Crippen LogP contribution in [0.4, 0.5) is 5.95 Å². The van der Waals surface area contributed by atoms with E-state index in [4.69, 9.17) is 14.2 Å². The number of nitrogens with one attached hydrogen (secondary N) is 2. The number of hydrogen-bond acceptors (Lipinski definition) is 8. The van der Waals surface area contributed by atoms with E-state index in [1.54, 1.807) is 13.2 Å². The molecule has 1 aliphatic heterocycles. The van der Waals surface area contributed by atoms with E-state index < -0.39 is 11.5 Å². The first-order chi connectivity index (χ1) is 14.2. The lowest BCUT2D eigenvalue weighted by molar-refractivity contribution is 0.0523. The van der Waals surface area contributed by atoms with Crippen molar-refractivity contribution >= 4 is 17.7 Å². The van der Waals surface area contributed by atoms with E-state index in [-0.39, 0.29) is 30.8 Å². The molecule has 2 N–H and O–H groups in total. The van der Waals surface area contributed by atoms with Gasteiger partial charge in [-0.15, -0.1) is 0 Å². The molecule has 0 radical (unpaired) electrons. The molecular formula is C19H19N5O5. The third kappa shape index (κ3) is 3.91. The molecule has 0 saturated carbocycles. The second kappa shape index (κ2) is 8.05. The Bertz CT molecular complexity index is 1110. The highest BCUT2D eigenvalue weighted by Crippen LogP contribution is 2.19. The van der Waals surface area contributed by atoms with Gasteiger partial charge in [-0.05, 0) is 12.5 Å². The molecule has 3 heterocycles. The first-order valence-electron chi connectivity index (χ1n) is 9.05. The molecule has 1 aromatic carbocycles. The van der Waals surface area contributed by atoms with Gasteiger partial charge in [-0.2, -0.15) is 9.50 Å². The molecule has 1 atom stereocenters. The highest BCUT2D eigenvalue weighted by molar-refractivity contribution is 5.88. The molecule has 0 saturated heterocycles. The zero-order valence-corrected chi connectivity index (χ0v) is 15.6. The lowest BCUT2D eigenvalue weighted by Gasteiger charge is -2.17. The fraction of sp³-hybridized carbons (Fsp3) is 0.263. The van der Waals surface area contributed by atoms with Crippen LogP contribution in [0.5, 0.6) is 0 Å². The second-order valence-corrected chi connectivity index (χ2v) is 6.24. The number of H-pyrrole nitrogens is 1. The van der Waals surface area contributed by atoms with Gasteiger partial charge in [0.25, 0.3) is 11.3 Å². The van der Waals surface area contributed by atoms with E-state index >= 15 is 0 Å². The summed E-state index contributed by atoms with van der Waals surface area (Å²) in [6, 6.07) is 9.56. The minimum Gasteiger partial charge on any atom is -0.462 e. The number of nitrogens with zero attached hydrogens (tertiary/aromatic N) is 3. The average Bonchev–Trinajstić information content (AvgIpc) is 3.39. The van der Waals surface area contributed by atoms with Crippen LogP contribution in [-0.4, -0.2) is 45.0 Å². The van der Waals surface area contributed by atoms with Crippen molar-refractivity contribution in [1.82, 2.24) is 19.6 Å². The van der Waals surface area contributed by atoms with Gasteiger partial charge in [-0.3, -0.25) is 9.89 Å². The van der Waals surface area contributed by atoms with Crippen LogP contribution in [0.25, 0.3) is 5.78 Å². The Morgan fingerprint density at radius 3 is 2.93 bits per heavy atom. The second-order valence-electron chi connectivity index (χ2n) is 6.24. The van der Waals surface area contributed by atoms with Gasteiger partial charge in [-0.1, -0.05) is 30.3 Å². The molecule has 0 aliphatic carbocycles. The Kier molecular flexibility index (Phi) is 5.14. The fourth-order valence-electron chi connectivity index (χ4n) is 2.94. The minimum atomic E-state index is -0.730. The van der Waals surface area contributed by atoms with Gasteiger partial charge >= 0.3 is 5.97 Å². The summed E-state index contributed by atoms with van der Waals surface area (Å²) >= 11 is 0. The highest BCUT2D eigenvalue weighted by atomic mass is 16.7. The Morgan fingerprint density at radius 1 is 1.38 bits per heavy atom. The lowest BCUT2D eigenvalue weighted by Crippen LogP contribution is -2.26. The van der Waals surface area contributed by atoms with Crippen molar-refractivity contribution in [2.45, 2.75) is 19.4 Å². The van der Waals surface area contributed by atoms with Crippen molar-refractivity contribution in [2.24, 2.45) is 0 Å². The minimum absolute atomic E-state index is 0.126. The predicted molar refractivity (Wildman–Crippen MR) is 102 cm³/mol. The van der Waals surface area contributed by atoms with Gasteiger partial charge < -0.3 is 19.5 Å². The number of aromatic nitrogens is 4. The molecule has 4 rings (SSSR count). The van der Waals surface area contributed by atoms with Crippen molar-refractivity contribution < 1.29 is 19.0 Å². The molecule has 0 amide bonds. The van der Waals surface area contributed by atoms with Gasteiger partial charge in [0.15, 0.2) is 5.76 Å². The topological polar surface area (TPSA) is 120 Å². The van der Waals surface area contributed by atoms with Gasteiger partial charge in [-0.25, -0.2) is 9.78 Å². The van der Waals surface area contributed by atoms with Gasteiger partial charge in [0.2, 0.25) is 12.7 Å². The van der Waals surface area contributed by atoms with Crippen LogP contribution in [0.1, 0.15) is 22.8 Å². The van der Waals surface area contributed by atoms with Crippen molar-refractivity contribution in [3.63, 3.8) is 0 Å². The summed E-state index contributed by atoms with van der Waals surface area (Å²) in [4.78, 5) is 32.8. The van der Waals surface area contributed by atoms with E-state index in [1.807, 2.05) is 30.3 Å². The number of ether oxygens (including phenoxy) is 3. The number of carbonyl (C=O) groups excluding carboxylic acids is 1. The zero-order chi connectivity index (χ0) is 20.2. The number of rotatable bonds is 7. The maximum atomic E-state index is 12.6. The summed E-state index contributed by atoms with van der Waals surface area (Å²) in [6.07, 6.45) is 3.31. The average molecular weight is 397 g/mol. The van der Waals surface area contributed by atoms with Crippen molar-refractivity contribution in [3.05, 3.63) is 70.0 Å². The molecule has 2 aromatic heterocycles. The molecule has 150 valence electrons. The van der Waals surface area contributed by atoms with Crippen molar-refractivity contribution in [1.29, 1.82) is 0 Å².